The molecule has 2 aliphatic heterocycles. The first kappa shape index (κ1) is 14.1. The van der Waals surface area contributed by atoms with Crippen LogP contribution in [0.25, 0.3) is 0 Å². The number of ether oxygens (including phenoxy) is 1. The maximum absolute atomic E-state index is 5.82. The number of hydrogen-bond acceptors (Lipinski definition) is 4. The van der Waals surface area contributed by atoms with E-state index in [2.05, 4.69) is 22.2 Å². The molecule has 2 aromatic carbocycles. The van der Waals surface area contributed by atoms with Gasteiger partial charge in [0.1, 0.15) is 17.3 Å². The van der Waals surface area contributed by atoms with E-state index >= 15 is 0 Å². The van der Waals surface area contributed by atoms with Crippen LogP contribution in [0.2, 0.25) is 0 Å². The summed E-state index contributed by atoms with van der Waals surface area (Å²) in [6.45, 7) is 2.22. The Morgan fingerprint density at radius 1 is 0.913 bits per heavy atom. The fourth-order valence-electron chi connectivity index (χ4n) is 3.08. The number of amidine groups is 1. The molecule has 23 heavy (non-hydrogen) atoms. The summed E-state index contributed by atoms with van der Waals surface area (Å²) in [5, 5.41) is 4.28. The lowest BCUT2D eigenvalue weighted by atomic mass is 10.1. The fraction of sp³-hybridized carbons (Fsp3) is 0.316. The van der Waals surface area contributed by atoms with Gasteiger partial charge in [-0.05, 0) is 42.7 Å². The van der Waals surface area contributed by atoms with Crippen molar-refractivity contribution in [2.75, 3.05) is 13.1 Å². The van der Waals surface area contributed by atoms with Crippen molar-refractivity contribution in [3.63, 3.8) is 0 Å². The summed E-state index contributed by atoms with van der Waals surface area (Å²) in [6.07, 6.45) is 3.40. The second kappa shape index (κ2) is 6.32. The monoisotopic (exact) mass is 308 g/mol. The summed E-state index contributed by atoms with van der Waals surface area (Å²) >= 11 is 0. The molecule has 118 valence electrons. The lowest BCUT2D eigenvalue weighted by molar-refractivity contribution is 0.0855. The molecule has 1 fully saturated rings. The average molecular weight is 308 g/mol. The van der Waals surface area contributed by atoms with Gasteiger partial charge in [-0.3, -0.25) is 0 Å². The van der Waals surface area contributed by atoms with Gasteiger partial charge in [0.2, 0.25) is 0 Å². The third-order valence-corrected chi connectivity index (χ3v) is 4.36. The van der Waals surface area contributed by atoms with Gasteiger partial charge in [0.15, 0.2) is 6.10 Å². The fourth-order valence-corrected chi connectivity index (χ4v) is 3.08. The molecule has 4 rings (SSSR count). The topological polar surface area (TPSA) is 34.1 Å². The van der Waals surface area contributed by atoms with E-state index in [1.54, 1.807) is 0 Å². The van der Waals surface area contributed by atoms with Gasteiger partial charge in [-0.25, -0.2) is 0 Å². The largest absolute Gasteiger partial charge is 0.457 e. The molecule has 1 saturated heterocycles. The molecule has 0 amide bonds. The molecular formula is C19H20N2O2. The molecule has 0 bridgehead atoms. The van der Waals surface area contributed by atoms with Crippen molar-refractivity contribution in [2.45, 2.75) is 25.4 Å². The maximum Gasteiger partial charge on any atom is 0.159 e. The normalized spacial score (nSPS) is 20.3. The highest BCUT2D eigenvalue weighted by atomic mass is 16.6. The second-order valence-corrected chi connectivity index (χ2v) is 5.98. The van der Waals surface area contributed by atoms with Crippen LogP contribution in [0, 0.1) is 0 Å². The standard InChI is InChI=1S/C19H20N2O2/c1-2-6-16(7-3-1)22-17-10-8-15(9-11-17)18-14-19(20-23-18)21-12-4-5-13-21/h1-3,6-11,18H,4-5,12-14H2/t18-/m0/s1. The molecule has 2 heterocycles. The first-order chi connectivity index (χ1) is 11.4. The Bertz CT molecular complexity index is 676. The van der Waals surface area contributed by atoms with Gasteiger partial charge in [-0.1, -0.05) is 35.5 Å². The van der Waals surface area contributed by atoms with E-state index < -0.39 is 0 Å². The molecule has 0 unspecified atom stereocenters. The second-order valence-electron chi connectivity index (χ2n) is 5.98. The Balaban J connectivity index is 1.39. The van der Waals surface area contributed by atoms with Crippen LogP contribution in [-0.2, 0) is 4.84 Å². The van der Waals surface area contributed by atoms with Gasteiger partial charge >= 0.3 is 0 Å². The van der Waals surface area contributed by atoms with E-state index in [0.29, 0.717) is 0 Å². The molecule has 0 aromatic heterocycles. The van der Waals surface area contributed by atoms with Gasteiger partial charge < -0.3 is 14.5 Å². The minimum absolute atomic E-state index is 0.0244. The van der Waals surface area contributed by atoms with Crippen molar-refractivity contribution in [1.82, 2.24) is 4.90 Å². The molecule has 0 N–H and O–H groups in total. The number of para-hydroxylation sites is 1. The Morgan fingerprint density at radius 2 is 1.61 bits per heavy atom. The van der Waals surface area contributed by atoms with Crippen molar-refractivity contribution in [3.05, 3.63) is 60.2 Å². The van der Waals surface area contributed by atoms with Gasteiger partial charge in [0, 0.05) is 13.1 Å². The zero-order valence-electron chi connectivity index (χ0n) is 13.0. The van der Waals surface area contributed by atoms with E-state index in [1.807, 2.05) is 42.5 Å². The molecule has 2 aromatic rings. The lowest BCUT2D eigenvalue weighted by Crippen LogP contribution is -2.26. The predicted octanol–water partition coefficient (Wildman–Crippen LogP) is 4.35. The van der Waals surface area contributed by atoms with Crippen LogP contribution in [-0.4, -0.2) is 23.8 Å². The highest BCUT2D eigenvalue weighted by Crippen LogP contribution is 2.31. The smallest absolute Gasteiger partial charge is 0.159 e. The number of rotatable bonds is 3. The summed E-state index contributed by atoms with van der Waals surface area (Å²) < 4.78 is 5.82. The van der Waals surface area contributed by atoms with Crippen molar-refractivity contribution in [2.24, 2.45) is 5.16 Å². The highest BCUT2D eigenvalue weighted by molar-refractivity contribution is 5.83. The van der Waals surface area contributed by atoms with Crippen LogP contribution in [0.3, 0.4) is 0 Å². The maximum atomic E-state index is 5.82. The predicted molar refractivity (Wildman–Crippen MR) is 89.6 cm³/mol. The SMILES string of the molecule is c1ccc(Oc2ccc([C@@H]3CC(N4CCCC4)=NO3)cc2)cc1. The van der Waals surface area contributed by atoms with E-state index in [0.717, 1.165) is 42.4 Å². The van der Waals surface area contributed by atoms with Crippen LogP contribution in [0.15, 0.2) is 59.8 Å². The summed E-state index contributed by atoms with van der Waals surface area (Å²) in [6, 6.07) is 17.9. The van der Waals surface area contributed by atoms with Crippen LogP contribution < -0.4 is 4.74 Å². The Morgan fingerprint density at radius 3 is 2.35 bits per heavy atom. The molecule has 0 saturated carbocycles. The van der Waals surface area contributed by atoms with Gasteiger partial charge in [-0.2, -0.15) is 0 Å². The first-order valence-corrected chi connectivity index (χ1v) is 8.19. The summed E-state index contributed by atoms with van der Waals surface area (Å²) in [5.41, 5.74) is 1.14. The number of nitrogens with zero attached hydrogens (tertiary/aromatic N) is 2. The van der Waals surface area contributed by atoms with Crippen molar-refractivity contribution >= 4 is 5.84 Å². The van der Waals surface area contributed by atoms with E-state index in [-0.39, 0.29) is 6.10 Å². The van der Waals surface area contributed by atoms with Crippen LogP contribution in [0.4, 0.5) is 0 Å². The highest BCUT2D eigenvalue weighted by Gasteiger charge is 2.27. The van der Waals surface area contributed by atoms with Gasteiger partial charge in [0.05, 0.1) is 6.42 Å². The summed E-state index contributed by atoms with van der Waals surface area (Å²) in [4.78, 5) is 7.97. The molecular weight excluding hydrogens is 288 g/mol. The number of benzene rings is 2. The molecule has 0 spiro atoms. The Kier molecular flexibility index (Phi) is 3.88. The van der Waals surface area contributed by atoms with Gasteiger partial charge in [-0.15, -0.1) is 0 Å². The van der Waals surface area contributed by atoms with E-state index in [1.165, 1.54) is 12.8 Å². The number of oxime groups is 1. The third kappa shape index (κ3) is 3.16. The Labute approximate surface area is 136 Å². The molecule has 0 aliphatic carbocycles. The zero-order chi connectivity index (χ0) is 15.5. The number of hydrogen-bond donors (Lipinski definition) is 0. The third-order valence-electron chi connectivity index (χ3n) is 4.36. The molecule has 4 nitrogen and oxygen atoms in total. The zero-order valence-corrected chi connectivity index (χ0v) is 13.0. The molecule has 1 atom stereocenters. The van der Waals surface area contributed by atoms with Crippen LogP contribution >= 0.6 is 0 Å². The van der Waals surface area contributed by atoms with Crippen molar-refractivity contribution in [1.29, 1.82) is 0 Å². The van der Waals surface area contributed by atoms with Gasteiger partial charge in [0.25, 0.3) is 0 Å². The minimum atomic E-state index is 0.0244. The van der Waals surface area contributed by atoms with E-state index in [9.17, 15) is 0 Å². The summed E-state index contributed by atoms with van der Waals surface area (Å²) in [5.74, 6) is 2.77. The Hall–Kier alpha value is -2.49. The number of likely N-dealkylation sites (tertiary alicyclic amines) is 1. The van der Waals surface area contributed by atoms with Crippen LogP contribution in [0.5, 0.6) is 11.5 Å². The molecule has 0 radical (unpaired) electrons. The summed E-state index contributed by atoms with van der Waals surface area (Å²) in [7, 11) is 0. The minimum Gasteiger partial charge on any atom is -0.457 e. The van der Waals surface area contributed by atoms with Crippen molar-refractivity contribution < 1.29 is 9.57 Å². The quantitative estimate of drug-likeness (QED) is 0.845. The van der Waals surface area contributed by atoms with Crippen molar-refractivity contribution in [3.8, 4) is 11.5 Å². The molecule has 4 heteroatoms. The van der Waals surface area contributed by atoms with Crippen LogP contribution in [0.1, 0.15) is 30.9 Å². The lowest BCUT2D eigenvalue weighted by Gasteiger charge is -2.15. The first-order valence-electron chi connectivity index (χ1n) is 8.19. The molecule has 2 aliphatic rings. The van der Waals surface area contributed by atoms with E-state index in [4.69, 9.17) is 9.57 Å². The average Bonchev–Trinajstić information content (AvgIpc) is 3.28.